The van der Waals surface area contributed by atoms with Gasteiger partial charge in [0.15, 0.2) is 21.3 Å². The Balaban J connectivity index is 3.41. The van der Waals surface area contributed by atoms with Gasteiger partial charge in [0, 0.05) is 6.26 Å². The molecule has 0 fully saturated rings. The van der Waals surface area contributed by atoms with Crippen molar-refractivity contribution in [2.75, 3.05) is 13.4 Å². The summed E-state index contributed by atoms with van der Waals surface area (Å²) in [4.78, 5) is -0.397. The van der Waals surface area contributed by atoms with Gasteiger partial charge in [-0.15, -0.1) is 0 Å². The molecule has 0 aromatic heterocycles. The minimum Gasteiger partial charge on any atom is -0.503 e. The Morgan fingerprint density at radius 2 is 2.17 bits per heavy atom. The summed E-state index contributed by atoms with van der Waals surface area (Å²) in [5.41, 5.74) is 0.344. The van der Waals surface area contributed by atoms with Gasteiger partial charge in [0.2, 0.25) is 0 Å². The minimum absolute atomic E-state index is 0.00592. The molecule has 7 heteroatoms. The monoisotopic (exact) mass is 287 g/mol. The maximum atomic E-state index is 11.3. The molecule has 5 nitrogen and oxygen atoms in total. The number of sulfone groups is 1. The van der Waals surface area contributed by atoms with Crippen LogP contribution in [0.2, 0.25) is 5.02 Å². The summed E-state index contributed by atoms with van der Waals surface area (Å²) in [6.45, 7) is 0. The lowest BCUT2D eigenvalue weighted by molar-refractivity contribution is 0.373. The van der Waals surface area contributed by atoms with Gasteiger partial charge in [0.25, 0.3) is 0 Å². The van der Waals surface area contributed by atoms with Crippen LogP contribution < -0.4 is 4.74 Å². The summed E-state index contributed by atoms with van der Waals surface area (Å²) < 4.78 is 27.4. The van der Waals surface area contributed by atoms with Crippen molar-refractivity contribution in [1.29, 1.82) is 5.26 Å². The summed E-state index contributed by atoms with van der Waals surface area (Å²) in [6, 6.07) is 4.30. The second-order valence-corrected chi connectivity index (χ2v) is 5.84. The highest BCUT2D eigenvalue weighted by Gasteiger charge is 2.13. The Morgan fingerprint density at radius 3 is 2.61 bits per heavy atom. The fourth-order valence-corrected chi connectivity index (χ4v) is 1.94. The lowest BCUT2D eigenvalue weighted by Crippen LogP contribution is -1.98. The van der Waals surface area contributed by atoms with Crippen LogP contribution in [-0.2, 0) is 9.84 Å². The Labute approximate surface area is 110 Å². The maximum absolute atomic E-state index is 11.3. The third-order valence-electron chi connectivity index (χ3n) is 2.08. The van der Waals surface area contributed by atoms with Crippen molar-refractivity contribution in [3.8, 4) is 17.6 Å². The van der Waals surface area contributed by atoms with E-state index in [-0.39, 0.29) is 16.5 Å². The molecule has 0 unspecified atom stereocenters. The van der Waals surface area contributed by atoms with Crippen LogP contribution in [-0.4, -0.2) is 26.9 Å². The van der Waals surface area contributed by atoms with Crippen LogP contribution in [0.5, 0.6) is 11.5 Å². The molecule has 0 amide bonds. The number of allylic oxidation sites excluding steroid dienone is 1. The summed E-state index contributed by atoms with van der Waals surface area (Å²) in [7, 11) is -2.27. The number of phenols is 1. The number of halogens is 1. The summed E-state index contributed by atoms with van der Waals surface area (Å²) >= 11 is 5.75. The molecular formula is C11H10ClNO4S. The molecule has 0 heterocycles. The molecule has 1 aromatic carbocycles. The van der Waals surface area contributed by atoms with Crippen LogP contribution in [0.1, 0.15) is 5.56 Å². The predicted octanol–water partition coefficient (Wildman–Crippen LogP) is 1.96. The van der Waals surface area contributed by atoms with Crippen molar-refractivity contribution in [1.82, 2.24) is 0 Å². The molecule has 1 aromatic rings. The van der Waals surface area contributed by atoms with Gasteiger partial charge >= 0.3 is 0 Å². The van der Waals surface area contributed by atoms with Crippen LogP contribution >= 0.6 is 11.6 Å². The van der Waals surface area contributed by atoms with E-state index in [9.17, 15) is 13.5 Å². The summed E-state index contributed by atoms with van der Waals surface area (Å²) in [5, 5.41) is 18.3. The molecule has 0 aliphatic heterocycles. The fraction of sp³-hybridized carbons (Fsp3) is 0.182. The molecule has 0 radical (unpaired) electrons. The Morgan fingerprint density at radius 1 is 1.56 bits per heavy atom. The molecule has 0 aliphatic rings. The van der Waals surface area contributed by atoms with Crippen molar-refractivity contribution in [3.05, 3.63) is 27.6 Å². The van der Waals surface area contributed by atoms with E-state index in [2.05, 4.69) is 0 Å². The lowest BCUT2D eigenvalue weighted by atomic mass is 10.2. The number of methoxy groups -OCH3 is 1. The first-order valence-electron chi connectivity index (χ1n) is 4.68. The van der Waals surface area contributed by atoms with Gasteiger partial charge in [-0.1, -0.05) is 11.6 Å². The Bertz CT molecular complexity index is 644. The van der Waals surface area contributed by atoms with Crippen molar-refractivity contribution in [3.63, 3.8) is 0 Å². The number of rotatable bonds is 3. The van der Waals surface area contributed by atoms with Crippen LogP contribution in [0, 0.1) is 11.3 Å². The second-order valence-electron chi connectivity index (χ2n) is 3.45. The Kier molecular flexibility index (Phi) is 4.22. The molecule has 0 saturated carbocycles. The zero-order valence-corrected chi connectivity index (χ0v) is 11.2. The lowest BCUT2D eigenvalue weighted by Gasteiger charge is -2.06. The van der Waals surface area contributed by atoms with Crippen molar-refractivity contribution < 1.29 is 18.3 Å². The van der Waals surface area contributed by atoms with Crippen LogP contribution in [0.4, 0.5) is 0 Å². The third-order valence-corrected chi connectivity index (χ3v) is 3.37. The highest BCUT2D eigenvalue weighted by molar-refractivity contribution is 7.95. The van der Waals surface area contributed by atoms with E-state index < -0.39 is 14.7 Å². The van der Waals surface area contributed by atoms with Gasteiger partial charge < -0.3 is 9.84 Å². The van der Waals surface area contributed by atoms with Gasteiger partial charge in [0.1, 0.15) is 11.0 Å². The smallest absolute Gasteiger partial charge is 0.185 e. The average molecular weight is 288 g/mol. The molecule has 0 aliphatic carbocycles. The maximum Gasteiger partial charge on any atom is 0.185 e. The summed E-state index contributed by atoms with van der Waals surface area (Å²) in [5.74, 6) is -0.145. The fourth-order valence-electron chi connectivity index (χ4n) is 1.21. The average Bonchev–Trinajstić information content (AvgIpc) is 2.28. The number of aromatic hydroxyl groups is 1. The first-order chi connectivity index (χ1) is 8.29. The van der Waals surface area contributed by atoms with E-state index >= 15 is 0 Å². The van der Waals surface area contributed by atoms with E-state index in [0.717, 1.165) is 12.3 Å². The second kappa shape index (κ2) is 5.29. The van der Waals surface area contributed by atoms with Crippen molar-refractivity contribution >= 4 is 27.5 Å². The van der Waals surface area contributed by atoms with Gasteiger partial charge in [-0.05, 0) is 23.8 Å². The summed E-state index contributed by atoms with van der Waals surface area (Å²) in [6.07, 6.45) is 2.09. The first-order valence-corrected chi connectivity index (χ1v) is 6.95. The third kappa shape index (κ3) is 3.15. The van der Waals surface area contributed by atoms with Gasteiger partial charge in [-0.2, -0.15) is 5.26 Å². The van der Waals surface area contributed by atoms with Crippen LogP contribution in [0.3, 0.4) is 0 Å². The molecule has 18 heavy (non-hydrogen) atoms. The number of hydrogen-bond donors (Lipinski definition) is 1. The SMILES string of the molecule is COc1cc(/C=C(\C#N)S(C)(=O)=O)cc(Cl)c1O. The van der Waals surface area contributed by atoms with Gasteiger partial charge in [-0.25, -0.2) is 8.42 Å². The zero-order chi connectivity index (χ0) is 13.9. The predicted molar refractivity (Wildman–Crippen MR) is 68.1 cm³/mol. The van der Waals surface area contributed by atoms with E-state index in [0.29, 0.717) is 5.56 Å². The van der Waals surface area contributed by atoms with Gasteiger partial charge in [-0.3, -0.25) is 0 Å². The highest BCUT2D eigenvalue weighted by atomic mass is 35.5. The first kappa shape index (κ1) is 14.4. The number of phenolic OH excluding ortho intramolecular Hbond substituents is 1. The van der Waals surface area contributed by atoms with Crippen LogP contribution in [0.25, 0.3) is 6.08 Å². The van der Waals surface area contributed by atoms with E-state index in [1.54, 1.807) is 6.07 Å². The standard InChI is InChI=1S/C11H10ClNO4S/c1-17-10-5-7(4-9(12)11(10)14)3-8(6-13)18(2,15)16/h3-5,14H,1-2H3/b8-3+. The topological polar surface area (TPSA) is 87.4 Å². The molecule has 1 rings (SSSR count). The molecule has 1 N–H and O–H groups in total. The molecule has 0 spiro atoms. The van der Waals surface area contributed by atoms with Crippen molar-refractivity contribution in [2.45, 2.75) is 0 Å². The largest absolute Gasteiger partial charge is 0.503 e. The number of hydrogen-bond acceptors (Lipinski definition) is 5. The highest BCUT2D eigenvalue weighted by Crippen LogP contribution is 2.35. The van der Waals surface area contributed by atoms with Crippen LogP contribution in [0.15, 0.2) is 17.0 Å². The quantitative estimate of drug-likeness (QED) is 0.859. The van der Waals surface area contributed by atoms with E-state index in [1.165, 1.54) is 19.2 Å². The minimum atomic E-state index is -3.60. The number of ether oxygens (including phenoxy) is 1. The Hall–Kier alpha value is -1.71. The molecule has 96 valence electrons. The molecular weight excluding hydrogens is 278 g/mol. The number of nitrogens with zero attached hydrogens (tertiary/aromatic N) is 1. The van der Waals surface area contributed by atoms with E-state index in [4.69, 9.17) is 21.6 Å². The van der Waals surface area contributed by atoms with E-state index in [1.807, 2.05) is 0 Å². The number of nitriles is 1. The normalized spacial score (nSPS) is 12.0. The zero-order valence-electron chi connectivity index (χ0n) is 9.64. The molecule has 0 saturated heterocycles. The molecule has 0 bridgehead atoms. The van der Waals surface area contributed by atoms with Gasteiger partial charge in [0.05, 0.1) is 12.1 Å². The number of benzene rings is 1. The molecule has 0 atom stereocenters. The van der Waals surface area contributed by atoms with Crippen molar-refractivity contribution in [2.24, 2.45) is 0 Å².